The van der Waals surface area contributed by atoms with Crippen LogP contribution in [-0.2, 0) is 9.57 Å². The zero-order valence-electron chi connectivity index (χ0n) is 9.82. The van der Waals surface area contributed by atoms with E-state index in [0.29, 0.717) is 12.5 Å². The molecule has 0 radical (unpaired) electrons. The van der Waals surface area contributed by atoms with Gasteiger partial charge in [-0.3, -0.25) is 0 Å². The van der Waals surface area contributed by atoms with Crippen LogP contribution in [-0.4, -0.2) is 12.5 Å². The third-order valence-electron chi connectivity index (χ3n) is 2.83. The first-order valence-corrected chi connectivity index (χ1v) is 5.90. The highest BCUT2D eigenvalue weighted by molar-refractivity contribution is 5.93. The van der Waals surface area contributed by atoms with E-state index >= 15 is 0 Å². The molecule has 1 atom stereocenters. The van der Waals surface area contributed by atoms with E-state index in [1.54, 1.807) is 0 Å². The summed E-state index contributed by atoms with van der Waals surface area (Å²) in [4.78, 5) is 5.49. The van der Waals surface area contributed by atoms with Crippen LogP contribution in [0, 0.1) is 0 Å². The second kappa shape index (κ2) is 4.92. The summed E-state index contributed by atoms with van der Waals surface area (Å²) in [6.07, 6.45) is -0.126. The highest BCUT2D eigenvalue weighted by atomic mass is 16.7. The highest BCUT2D eigenvalue weighted by Gasteiger charge is 2.20. The zero-order chi connectivity index (χ0) is 12.2. The second-order valence-electron chi connectivity index (χ2n) is 4.08. The maximum absolute atomic E-state index is 5.66. The minimum Gasteiger partial charge on any atom is -0.471 e. The lowest BCUT2D eigenvalue weighted by atomic mass is 10.1. The summed E-state index contributed by atoms with van der Waals surface area (Å²) >= 11 is 0. The number of rotatable bonds is 2. The van der Waals surface area contributed by atoms with Crippen LogP contribution in [0.15, 0.2) is 65.8 Å². The number of ether oxygens (including phenoxy) is 1. The normalized spacial score (nSPS) is 18.4. The second-order valence-corrected chi connectivity index (χ2v) is 4.08. The van der Waals surface area contributed by atoms with E-state index in [1.165, 1.54) is 0 Å². The lowest BCUT2D eigenvalue weighted by Crippen LogP contribution is -2.20. The first-order chi connectivity index (χ1) is 8.93. The average molecular weight is 239 g/mol. The van der Waals surface area contributed by atoms with E-state index in [4.69, 9.17) is 9.57 Å². The molecule has 0 amide bonds. The Morgan fingerprint density at radius 2 is 1.56 bits per heavy atom. The molecule has 0 saturated heterocycles. The molecular formula is C15H13NO2. The summed E-state index contributed by atoms with van der Waals surface area (Å²) in [5.41, 5.74) is 2.01. The van der Waals surface area contributed by atoms with Crippen molar-refractivity contribution in [2.75, 3.05) is 6.61 Å². The van der Waals surface area contributed by atoms with E-state index in [2.05, 4.69) is 5.16 Å². The van der Waals surface area contributed by atoms with Crippen molar-refractivity contribution in [1.82, 2.24) is 0 Å². The number of nitrogens with zero attached hydrogens (tertiary/aromatic N) is 1. The van der Waals surface area contributed by atoms with Crippen LogP contribution in [0.5, 0.6) is 0 Å². The van der Waals surface area contributed by atoms with Gasteiger partial charge in [0.15, 0.2) is 6.10 Å². The van der Waals surface area contributed by atoms with Gasteiger partial charge in [0.2, 0.25) is 0 Å². The Labute approximate surface area is 106 Å². The molecular weight excluding hydrogens is 226 g/mol. The maximum atomic E-state index is 5.66. The standard InChI is InChI=1S/C15H13NO2/c1-3-7-12(8-4-1)14-11-17-15(16-18-14)13-9-5-2-6-10-13/h1-10,14H,11H2. The van der Waals surface area contributed by atoms with Gasteiger partial charge in [0, 0.05) is 5.56 Å². The Morgan fingerprint density at radius 3 is 2.17 bits per heavy atom. The Kier molecular flexibility index (Phi) is 2.96. The molecule has 1 aliphatic heterocycles. The van der Waals surface area contributed by atoms with Gasteiger partial charge in [-0.15, -0.1) is 0 Å². The van der Waals surface area contributed by atoms with Crippen molar-refractivity contribution < 1.29 is 9.57 Å². The van der Waals surface area contributed by atoms with Crippen LogP contribution in [0.1, 0.15) is 17.2 Å². The monoisotopic (exact) mass is 239 g/mol. The molecule has 2 aromatic carbocycles. The minimum absolute atomic E-state index is 0.126. The largest absolute Gasteiger partial charge is 0.471 e. The quantitative estimate of drug-likeness (QED) is 0.806. The van der Waals surface area contributed by atoms with Gasteiger partial charge in [0.05, 0.1) is 0 Å². The molecule has 0 fully saturated rings. The van der Waals surface area contributed by atoms with Gasteiger partial charge < -0.3 is 9.57 Å². The Morgan fingerprint density at radius 1 is 0.889 bits per heavy atom. The number of hydrogen-bond donors (Lipinski definition) is 0. The molecule has 0 spiro atoms. The van der Waals surface area contributed by atoms with Crippen molar-refractivity contribution in [3.63, 3.8) is 0 Å². The van der Waals surface area contributed by atoms with Crippen LogP contribution >= 0.6 is 0 Å². The molecule has 1 heterocycles. The fourth-order valence-corrected chi connectivity index (χ4v) is 1.86. The van der Waals surface area contributed by atoms with Gasteiger partial charge in [-0.2, -0.15) is 0 Å². The lowest BCUT2D eigenvalue weighted by Gasteiger charge is -2.22. The minimum atomic E-state index is -0.126. The molecule has 0 aliphatic carbocycles. The van der Waals surface area contributed by atoms with Crippen molar-refractivity contribution in [2.24, 2.45) is 5.16 Å². The summed E-state index contributed by atoms with van der Waals surface area (Å²) in [7, 11) is 0. The predicted octanol–water partition coefficient (Wildman–Crippen LogP) is 3.14. The maximum Gasteiger partial charge on any atom is 0.257 e. The van der Waals surface area contributed by atoms with Crippen LogP contribution in [0.3, 0.4) is 0 Å². The number of oxime groups is 1. The Hall–Kier alpha value is -2.29. The van der Waals surface area contributed by atoms with E-state index in [-0.39, 0.29) is 6.10 Å². The predicted molar refractivity (Wildman–Crippen MR) is 69.2 cm³/mol. The summed E-state index contributed by atoms with van der Waals surface area (Å²) in [6, 6.07) is 19.7. The molecule has 18 heavy (non-hydrogen) atoms. The first-order valence-electron chi connectivity index (χ1n) is 5.90. The van der Waals surface area contributed by atoms with Gasteiger partial charge in [0.25, 0.3) is 5.90 Å². The molecule has 1 unspecified atom stereocenters. The van der Waals surface area contributed by atoms with Gasteiger partial charge in [0.1, 0.15) is 6.61 Å². The summed E-state index contributed by atoms with van der Waals surface area (Å²) < 4.78 is 5.66. The van der Waals surface area contributed by atoms with Gasteiger partial charge >= 0.3 is 0 Å². The van der Waals surface area contributed by atoms with Crippen LogP contribution in [0.4, 0.5) is 0 Å². The molecule has 2 aromatic rings. The fraction of sp³-hybridized carbons (Fsp3) is 0.133. The van der Waals surface area contributed by atoms with Crippen LogP contribution < -0.4 is 0 Å². The average Bonchev–Trinajstić information content (AvgIpc) is 2.49. The highest BCUT2D eigenvalue weighted by Crippen LogP contribution is 2.22. The molecule has 0 aromatic heterocycles. The molecule has 3 heteroatoms. The molecule has 0 saturated carbocycles. The van der Waals surface area contributed by atoms with Gasteiger partial charge in [-0.1, -0.05) is 48.5 Å². The van der Waals surface area contributed by atoms with Crippen molar-refractivity contribution in [1.29, 1.82) is 0 Å². The molecule has 1 aliphatic rings. The molecule has 0 N–H and O–H groups in total. The van der Waals surface area contributed by atoms with Crippen molar-refractivity contribution in [3.05, 3.63) is 71.8 Å². The van der Waals surface area contributed by atoms with Crippen molar-refractivity contribution in [3.8, 4) is 0 Å². The number of benzene rings is 2. The van der Waals surface area contributed by atoms with Gasteiger partial charge in [-0.25, -0.2) is 0 Å². The molecule has 3 rings (SSSR count). The zero-order valence-corrected chi connectivity index (χ0v) is 9.82. The Balaban J connectivity index is 1.76. The van der Waals surface area contributed by atoms with Gasteiger partial charge in [-0.05, 0) is 22.9 Å². The third-order valence-corrected chi connectivity index (χ3v) is 2.83. The molecule has 0 bridgehead atoms. The van der Waals surface area contributed by atoms with E-state index in [9.17, 15) is 0 Å². The van der Waals surface area contributed by atoms with E-state index in [0.717, 1.165) is 11.1 Å². The van der Waals surface area contributed by atoms with E-state index < -0.39 is 0 Å². The number of hydrogen-bond acceptors (Lipinski definition) is 3. The van der Waals surface area contributed by atoms with Crippen molar-refractivity contribution in [2.45, 2.75) is 6.10 Å². The summed E-state index contributed by atoms with van der Waals surface area (Å²) in [5.74, 6) is 0.544. The summed E-state index contributed by atoms with van der Waals surface area (Å²) in [6.45, 7) is 0.484. The van der Waals surface area contributed by atoms with Crippen molar-refractivity contribution >= 4 is 5.90 Å². The van der Waals surface area contributed by atoms with E-state index in [1.807, 2.05) is 60.7 Å². The fourth-order valence-electron chi connectivity index (χ4n) is 1.86. The Bertz CT molecular complexity index is 537. The topological polar surface area (TPSA) is 30.8 Å². The molecule has 90 valence electrons. The lowest BCUT2D eigenvalue weighted by molar-refractivity contribution is -0.0114. The van der Waals surface area contributed by atoms with Crippen LogP contribution in [0.25, 0.3) is 0 Å². The van der Waals surface area contributed by atoms with Crippen LogP contribution in [0.2, 0.25) is 0 Å². The first kappa shape index (κ1) is 10.8. The molecule has 3 nitrogen and oxygen atoms in total. The third kappa shape index (κ3) is 2.20. The SMILES string of the molecule is c1ccc(C2=NOC(c3ccccc3)CO2)cc1. The smallest absolute Gasteiger partial charge is 0.257 e. The summed E-state index contributed by atoms with van der Waals surface area (Å²) in [5, 5.41) is 4.05.